The second kappa shape index (κ2) is 10.4. The molecule has 0 bridgehead atoms. The van der Waals surface area contributed by atoms with E-state index in [1.165, 1.54) is 35.8 Å². The number of nitrogens with one attached hydrogen (secondary N) is 2. The number of aryl methyl sites for hydroxylation is 1. The molecule has 3 aromatic rings. The number of ether oxygens (including phenoxy) is 1. The van der Waals surface area contributed by atoms with Gasteiger partial charge in [-0.3, -0.25) is 0 Å². The van der Waals surface area contributed by atoms with Crippen molar-refractivity contribution in [1.82, 2.24) is 9.88 Å². The summed E-state index contributed by atoms with van der Waals surface area (Å²) in [5.41, 5.74) is 4.88. The molecule has 172 valence electrons. The minimum atomic E-state index is -0.509. The van der Waals surface area contributed by atoms with Crippen LogP contribution in [0.2, 0.25) is 0 Å². The summed E-state index contributed by atoms with van der Waals surface area (Å²) in [7, 11) is 1.72. The summed E-state index contributed by atoms with van der Waals surface area (Å²) >= 11 is 0. The molecular formula is C27H37N3O2. The van der Waals surface area contributed by atoms with Gasteiger partial charge < -0.3 is 25.0 Å². The monoisotopic (exact) mass is 435 g/mol. The van der Waals surface area contributed by atoms with Gasteiger partial charge in [-0.25, -0.2) is 0 Å². The van der Waals surface area contributed by atoms with Gasteiger partial charge in [0.2, 0.25) is 0 Å². The summed E-state index contributed by atoms with van der Waals surface area (Å²) in [4.78, 5) is 5.99. The quantitative estimate of drug-likeness (QED) is 0.395. The Morgan fingerprint density at radius 3 is 2.69 bits per heavy atom. The zero-order valence-electron chi connectivity index (χ0n) is 19.6. The molecule has 0 radical (unpaired) electrons. The molecule has 1 aliphatic rings. The summed E-state index contributed by atoms with van der Waals surface area (Å²) in [5, 5.41) is 14.6. The van der Waals surface area contributed by atoms with Crippen molar-refractivity contribution in [3.05, 3.63) is 59.8 Å². The number of anilines is 1. The van der Waals surface area contributed by atoms with Crippen LogP contribution in [0.3, 0.4) is 0 Å². The molecule has 1 unspecified atom stereocenters. The highest BCUT2D eigenvalue weighted by atomic mass is 16.5. The molecule has 4 rings (SSSR count). The first-order valence-corrected chi connectivity index (χ1v) is 11.9. The number of H-pyrrole nitrogens is 1. The van der Waals surface area contributed by atoms with Crippen LogP contribution in [0, 0.1) is 5.92 Å². The van der Waals surface area contributed by atoms with Gasteiger partial charge in [0.25, 0.3) is 0 Å². The number of aromatic amines is 1. The smallest absolute Gasteiger partial charge is 0.142 e. The van der Waals surface area contributed by atoms with Gasteiger partial charge in [-0.1, -0.05) is 38.1 Å². The van der Waals surface area contributed by atoms with E-state index in [1.54, 1.807) is 7.11 Å². The molecule has 0 saturated carbocycles. The van der Waals surface area contributed by atoms with Gasteiger partial charge in [-0.2, -0.15) is 0 Å². The molecule has 1 saturated heterocycles. The van der Waals surface area contributed by atoms with Crippen LogP contribution in [0.25, 0.3) is 10.9 Å². The molecule has 1 atom stereocenters. The van der Waals surface area contributed by atoms with Crippen molar-refractivity contribution in [3.8, 4) is 5.75 Å². The van der Waals surface area contributed by atoms with Gasteiger partial charge in [0.05, 0.1) is 12.6 Å². The maximum atomic E-state index is 10.1. The molecule has 32 heavy (non-hydrogen) atoms. The largest absolute Gasteiger partial charge is 0.495 e. The Morgan fingerprint density at radius 1 is 1.16 bits per heavy atom. The number of benzene rings is 2. The average molecular weight is 436 g/mol. The third-order valence-corrected chi connectivity index (χ3v) is 6.79. The van der Waals surface area contributed by atoms with E-state index in [4.69, 9.17) is 4.74 Å². The molecular weight excluding hydrogens is 398 g/mol. The minimum absolute atomic E-state index is 0.188. The Kier molecular flexibility index (Phi) is 7.38. The number of hydrogen-bond acceptors (Lipinski definition) is 4. The Labute approximate surface area is 191 Å². The molecule has 2 heterocycles. The molecule has 3 N–H and O–H groups in total. The predicted octanol–water partition coefficient (Wildman–Crippen LogP) is 5.38. The fourth-order valence-corrected chi connectivity index (χ4v) is 4.76. The van der Waals surface area contributed by atoms with Gasteiger partial charge in [0.15, 0.2) is 0 Å². The normalized spacial score (nSPS) is 16.5. The highest BCUT2D eigenvalue weighted by molar-refractivity contribution is 5.88. The SMILES string of the molecule is COc1cccc2c(CCCN3CCC(c4cccc(NC(O)C(C)C)c4)CC3)c[nH]c12. The summed E-state index contributed by atoms with van der Waals surface area (Å²) in [6.45, 7) is 7.49. The summed E-state index contributed by atoms with van der Waals surface area (Å²) in [6, 6.07) is 14.9. The van der Waals surface area contributed by atoms with E-state index in [1.807, 2.05) is 26.0 Å². The van der Waals surface area contributed by atoms with Crippen LogP contribution in [0.1, 0.15) is 50.2 Å². The second-order valence-electron chi connectivity index (χ2n) is 9.37. The van der Waals surface area contributed by atoms with Crippen LogP contribution in [0.4, 0.5) is 5.69 Å². The highest BCUT2D eigenvalue weighted by Gasteiger charge is 2.21. The van der Waals surface area contributed by atoms with Crippen molar-refractivity contribution in [2.75, 3.05) is 32.1 Å². The van der Waals surface area contributed by atoms with Gasteiger partial charge in [-0.15, -0.1) is 0 Å². The fraction of sp³-hybridized carbons (Fsp3) is 0.481. The Balaban J connectivity index is 1.26. The molecule has 1 aliphatic heterocycles. The average Bonchev–Trinajstić information content (AvgIpc) is 3.23. The molecule has 0 amide bonds. The third kappa shape index (κ3) is 5.28. The second-order valence-corrected chi connectivity index (χ2v) is 9.37. The Bertz CT molecular complexity index is 1010. The molecule has 0 aliphatic carbocycles. The lowest BCUT2D eigenvalue weighted by molar-refractivity contribution is 0.153. The van der Waals surface area contributed by atoms with Crippen LogP contribution in [-0.2, 0) is 6.42 Å². The lowest BCUT2D eigenvalue weighted by Crippen LogP contribution is -2.33. The predicted molar refractivity (Wildman–Crippen MR) is 132 cm³/mol. The molecule has 1 fully saturated rings. The van der Waals surface area contributed by atoms with Crippen molar-refractivity contribution in [2.24, 2.45) is 5.92 Å². The molecule has 0 spiro atoms. The number of methoxy groups -OCH3 is 1. The summed E-state index contributed by atoms with van der Waals surface area (Å²) in [6.07, 6.45) is 6.27. The van der Waals surface area contributed by atoms with Crippen LogP contribution in [0.5, 0.6) is 5.75 Å². The van der Waals surface area contributed by atoms with Crippen molar-refractivity contribution in [1.29, 1.82) is 0 Å². The zero-order chi connectivity index (χ0) is 22.5. The van der Waals surface area contributed by atoms with E-state index in [0.717, 1.165) is 43.0 Å². The maximum Gasteiger partial charge on any atom is 0.142 e. The zero-order valence-corrected chi connectivity index (χ0v) is 19.6. The van der Waals surface area contributed by atoms with Crippen molar-refractivity contribution in [2.45, 2.75) is 51.7 Å². The molecule has 5 heteroatoms. The lowest BCUT2D eigenvalue weighted by atomic mass is 9.89. The van der Waals surface area contributed by atoms with Crippen LogP contribution in [0.15, 0.2) is 48.7 Å². The third-order valence-electron chi connectivity index (χ3n) is 6.79. The number of aliphatic hydroxyl groups is 1. The van der Waals surface area contributed by atoms with E-state index in [9.17, 15) is 5.11 Å². The first-order valence-electron chi connectivity index (χ1n) is 11.9. The minimum Gasteiger partial charge on any atom is -0.495 e. The summed E-state index contributed by atoms with van der Waals surface area (Å²) < 4.78 is 5.47. The number of piperidine rings is 1. The number of aromatic nitrogens is 1. The highest BCUT2D eigenvalue weighted by Crippen LogP contribution is 2.31. The first-order chi connectivity index (χ1) is 15.5. The van der Waals surface area contributed by atoms with Gasteiger partial charge in [0.1, 0.15) is 12.0 Å². The topological polar surface area (TPSA) is 60.5 Å². The molecule has 2 aromatic carbocycles. The first kappa shape index (κ1) is 22.7. The number of rotatable bonds is 9. The Hall–Kier alpha value is -2.50. The fourth-order valence-electron chi connectivity index (χ4n) is 4.76. The van der Waals surface area contributed by atoms with Crippen molar-refractivity contribution in [3.63, 3.8) is 0 Å². The van der Waals surface area contributed by atoms with Crippen LogP contribution < -0.4 is 10.1 Å². The van der Waals surface area contributed by atoms with Gasteiger partial charge >= 0.3 is 0 Å². The number of aliphatic hydroxyl groups excluding tert-OH is 1. The lowest BCUT2D eigenvalue weighted by Gasteiger charge is -2.32. The summed E-state index contributed by atoms with van der Waals surface area (Å²) in [5.74, 6) is 1.70. The van der Waals surface area contributed by atoms with Crippen molar-refractivity contribution < 1.29 is 9.84 Å². The standard InChI is InChI=1S/C27H37N3O2/c1-19(2)27(31)29-23-9-4-7-21(17-23)20-12-15-30(16-13-20)14-6-8-22-18-28-26-24(22)10-5-11-25(26)32-3/h4-5,7,9-11,17-20,27-29,31H,6,8,12-16H2,1-3H3. The van der Waals surface area contributed by atoms with E-state index < -0.39 is 6.23 Å². The molecule has 5 nitrogen and oxygen atoms in total. The number of para-hydroxylation sites is 1. The van der Waals surface area contributed by atoms with E-state index in [-0.39, 0.29) is 5.92 Å². The van der Waals surface area contributed by atoms with Crippen LogP contribution in [-0.4, -0.2) is 48.0 Å². The number of fused-ring (bicyclic) bond motifs is 1. The molecule has 1 aromatic heterocycles. The van der Waals surface area contributed by atoms with Gasteiger partial charge in [-0.05, 0) is 86.5 Å². The van der Waals surface area contributed by atoms with Crippen molar-refractivity contribution >= 4 is 16.6 Å². The number of hydrogen-bond donors (Lipinski definition) is 3. The number of nitrogens with zero attached hydrogens (tertiary/aromatic N) is 1. The maximum absolute atomic E-state index is 10.1. The van der Waals surface area contributed by atoms with E-state index in [0.29, 0.717) is 5.92 Å². The van der Waals surface area contributed by atoms with E-state index in [2.05, 4.69) is 51.7 Å². The Morgan fingerprint density at radius 2 is 1.94 bits per heavy atom. The van der Waals surface area contributed by atoms with Gasteiger partial charge in [0, 0.05) is 17.3 Å². The number of likely N-dealkylation sites (tertiary alicyclic amines) is 1. The van der Waals surface area contributed by atoms with E-state index >= 15 is 0 Å². The van der Waals surface area contributed by atoms with Crippen LogP contribution >= 0.6 is 0 Å².